The van der Waals surface area contributed by atoms with Gasteiger partial charge in [0.05, 0.1) is 0 Å². The molecule has 5 heteroatoms. The van der Waals surface area contributed by atoms with Crippen molar-refractivity contribution in [1.29, 1.82) is 0 Å². The van der Waals surface area contributed by atoms with Gasteiger partial charge in [-0.3, -0.25) is 0 Å². The molecule has 0 saturated carbocycles. The first kappa shape index (κ1) is 6.35. The van der Waals surface area contributed by atoms with E-state index in [1.807, 2.05) is 0 Å². The van der Waals surface area contributed by atoms with Crippen molar-refractivity contribution < 1.29 is 12.4 Å². The van der Waals surface area contributed by atoms with Gasteiger partial charge in [0.2, 0.25) is 0 Å². The second kappa shape index (κ2) is 2.35. The van der Waals surface area contributed by atoms with Gasteiger partial charge in [-0.2, -0.15) is 0 Å². The third kappa shape index (κ3) is 1.09. The molecule has 0 unspecified atom stereocenters. The van der Waals surface area contributed by atoms with Gasteiger partial charge in [-0.1, -0.05) is 0 Å². The summed E-state index contributed by atoms with van der Waals surface area (Å²) in [5.74, 6) is 0. The Morgan fingerprint density at radius 2 is 1.00 bits per heavy atom. The van der Waals surface area contributed by atoms with Gasteiger partial charge in [0.1, 0.15) is 0 Å². The summed E-state index contributed by atoms with van der Waals surface area (Å²) in [5.41, 5.74) is 0. The zero-order valence-corrected chi connectivity index (χ0v) is 7.20. The van der Waals surface area contributed by atoms with Crippen molar-refractivity contribution in [2.45, 2.75) is 0 Å². The molecule has 0 aromatic carbocycles. The maximum absolute atomic E-state index is 5.22. The molecule has 1 spiro atoms. The van der Waals surface area contributed by atoms with Crippen LogP contribution in [0.3, 0.4) is 0 Å². The maximum atomic E-state index is 5.22. The van der Waals surface area contributed by atoms with Crippen molar-refractivity contribution in [3.05, 3.63) is 0 Å². The summed E-state index contributed by atoms with van der Waals surface area (Å²) < 4.78 is 20.9. The van der Waals surface area contributed by atoms with Crippen LogP contribution in [0.15, 0.2) is 0 Å². The number of hydrogen-bond acceptors (Lipinski definition) is 4. The van der Waals surface area contributed by atoms with E-state index in [1.54, 1.807) is 0 Å². The molecule has 0 aliphatic carbocycles. The Bertz CT molecular complexity index is 87.6. The van der Waals surface area contributed by atoms with Crippen molar-refractivity contribution in [3.8, 4) is 0 Å². The van der Waals surface area contributed by atoms with Crippen molar-refractivity contribution in [1.82, 2.24) is 0 Å². The van der Waals surface area contributed by atoms with Crippen LogP contribution in [0.5, 0.6) is 0 Å². The molecule has 2 heterocycles. The van der Waals surface area contributed by atoms with E-state index in [9.17, 15) is 0 Å². The Labute approximate surface area is 59.0 Å². The molecule has 0 aromatic rings. The van der Waals surface area contributed by atoms with E-state index in [0.29, 0.717) is 26.4 Å². The minimum atomic E-state index is -2.97. The Morgan fingerprint density at radius 3 is 1.33 bits per heavy atom. The fourth-order valence-corrected chi connectivity index (χ4v) is 5.02. The van der Waals surface area contributed by atoms with Crippen LogP contribution in [0.1, 0.15) is 0 Å². The molecule has 0 radical (unpaired) electrons. The van der Waals surface area contributed by atoms with Crippen molar-refractivity contribution in [3.63, 3.8) is 0 Å². The first-order chi connectivity index (χ1) is 4.41. The average Bonchev–Trinajstić information content (AvgIpc) is 2.45. The second-order valence-electron chi connectivity index (χ2n) is 1.70. The quantitative estimate of drug-likeness (QED) is 0.542. The molecule has 2 saturated heterocycles. The summed E-state index contributed by atoms with van der Waals surface area (Å²) >= 11 is -2.97. The van der Waals surface area contributed by atoms with Gasteiger partial charge < -0.3 is 0 Å². The Kier molecular flexibility index (Phi) is 1.66. The predicted octanol–water partition coefficient (Wildman–Crippen LogP) is -0.484. The molecular weight excluding hydrogens is 240 g/mol. The SMILES string of the molecule is C1CO[Te]2(O1)OCCO2. The van der Waals surface area contributed by atoms with Crippen LogP contribution in [-0.2, 0) is 12.4 Å². The zero-order chi connectivity index (χ0) is 6.16. The Morgan fingerprint density at radius 1 is 0.667 bits per heavy atom. The summed E-state index contributed by atoms with van der Waals surface area (Å²) in [7, 11) is 0. The normalized spacial score (nSPS) is 35.6. The molecule has 2 fully saturated rings. The molecule has 9 heavy (non-hydrogen) atoms. The fraction of sp³-hybridized carbons (Fsp3) is 1.00. The summed E-state index contributed by atoms with van der Waals surface area (Å²) in [5, 5.41) is 0. The van der Waals surface area contributed by atoms with Gasteiger partial charge in [-0.15, -0.1) is 0 Å². The molecule has 0 bridgehead atoms. The van der Waals surface area contributed by atoms with Crippen LogP contribution < -0.4 is 0 Å². The van der Waals surface area contributed by atoms with E-state index in [1.165, 1.54) is 0 Å². The number of rotatable bonds is 0. The number of hydrogen-bond donors (Lipinski definition) is 0. The molecule has 2 rings (SSSR count). The molecule has 0 N–H and O–H groups in total. The fourth-order valence-electron chi connectivity index (χ4n) is 0.748. The average molecular weight is 248 g/mol. The van der Waals surface area contributed by atoms with Crippen LogP contribution in [0.2, 0.25) is 0 Å². The second-order valence-corrected chi connectivity index (χ2v) is 6.72. The topological polar surface area (TPSA) is 36.9 Å². The van der Waals surface area contributed by atoms with Crippen LogP contribution in [0, 0.1) is 0 Å². The van der Waals surface area contributed by atoms with Gasteiger partial charge >= 0.3 is 58.7 Å². The summed E-state index contributed by atoms with van der Waals surface area (Å²) in [6, 6.07) is 0. The molecule has 0 atom stereocenters. The van der Waals surface area contributed by atoms with Gasteiger partial charge in [0.25, 0.3) is 0 Å². The minimum absolute atomic E-state index is 0.640. The van der Waals surface area contributed by atoms with Crippen LogP contribution >= 0.6 is 0 Å². The molecule has 0 aromatic heterocycles. The van der Waals surface area contributed by atoms with Crippen LogP contribution in [0.4, 0.5) is 0 Å². The van der Waals surface area contributed by atoms with Gasteiger partial charge in [0.15, 0.2) is 0 Å². The van der Waals surface area contributed by atoms with E-state index in [2.05, 4.69) is 0 Å². The van der Waals surface area contributed by atoms with Crippen molar-refractivity contribution >= 4 is 19.8 Å². The monoisotopic (exact) mass is 250 g/mol. The molecule has 54 valence electrons. The Hall–Kier alpha value is 0.630. The van der Waals surface area contributed by atoms with E-state index in [0.717, 1.165) is 0 Å². The Balaban J connectivity index is 2.04. The van der Waals surface area contributed by atoms with Gasteiger partial charge in [-0.25, -0.2) is 0 Å². The predicted molar refractivity (Wildman–Crippen MR) is 29.6 cm³/mol. The van der Waals surface area contributed by atoms with E-state index in [-0.39, 0.29) is 0 Å². The summed E-state index contributed by atoms with van der Waals surface area (Å²) in [6.07, 6.45) is 0. The van der Waals surface area contributed by atoms with Gasteiger partial charge in [0, 0.05) is 0 Å². The first-order valence-electron chi connectivity index (χ1n) is 2.82. The third-order valence-electron chi connectivity index (χ3n) is 1.08. The standard InChI is InChI=1S/C4H8O4Te/c1-2-6-9(5-1)7-3-4-8-9/h1-4H2. The first-order valence-corrected chi connectivity index (χ1v) is 6.63. The molecular formula is C4H8O4Te. The third-order valence-corrected chi connectivity index (χ3v) is 6.28. The molecule has 0 amide bonds. The van der Waals surface area contributed by atoms with E-state index in [4.69, 9.17) is 12.4 Å². The summed E-state index contributed by atoms with van der Waals surface area (Å²) in [4.78, 5) is 0. The van der Waals surface area contributed by atoms with Crippen LogP contribution in [0.25, 0.3) is 0 Å². The zero-order valence-electron chi connectivity index (χ0n) is 4.87. The molecule has 2 aliphatic rings. The molecule has 4 nitrogen and oxygen atoms in total. The van der Waals surface area contributed by atoms with E-state index < -0.39 is 19.8 Å². The summed E-state index contributed by atoms with van der Waals surface area (Å²) in [6.45, 7) is 2.56. The van der Waals surface area contributed by atoms with Crippen molar-refractivity contribution in [2.24, 2.45) is 0 Å². The van der Waals surface area contributed by atoms with Crippen molar-refractivity contribution in [2.75, 3.05) is 26.4 Å². The van der Waals surface area contributed by atoms with E-state index >= 15 is 0 Å². The van der Waals surface area contributed by atoms with Crippen LogP contribution in [-0.4, -0.2) is 46.3 Å². The van der Waals surface area contributed by atoms with Gasteiger partial charge in [-0.05, 0) is 0 Å². The molecule has 2 aliphatic heterocycles.